The van der Waals surface area contributed by atoms with E-state index < -0.39 is 0 Å². The fourth-order valence-electron chi connectivity index (χ4n) is 3.27. The zero-order chi connectivity index (χ0) is 13.9. The highest BCUT2D eigenvalue weighted by molar-refractivity contribution is 5.94. The summed E-state index contributed by atoms with van der Waals surface area (Å²) in [6.45, 7) is 1.23. The second kappa shape index (κ2) is 5.95. The second-order valence-corrected chi connectivity index (χ2v) is 5.86. The van der Waals surface area contributed by atoms with Crippen molar-refractivity contribution in [1.82, 2.24) is 15.1 Å². The third kappa shape index (κ3) is 2.73. The summed E-state index contributed by atoms with van der Waals surface area (Å²) in [4.78, 5) is 12.5. The van der Waals surface area contributed by atoms with E-state index in [2.05, 4.69) is 10.4 Å². The molecule has 1 aromatic rings. The molecule has 2 heterocycles. The van der Waals surface area contributed by atoms with E-state index in [1.165, 1.54) is 25.7 Å². The Balaban J connectivity index is 1.73. The van der Waals surface area contributed by atoms with Crippen LogP contribution in [-0.4, -0.2) is 28.3 Å². The van der Waals surface area contributed by atoms with Crippen molar-refractivity contribution in [3.63, 3.8) is 0 Å². The standard InChI is InChI=1S/C15H23N3O2/c1-18-13-8-9-20-10-12(13)14(17-18)15(19)16-11-6-4-2-3-5-7-11/h11H,2-10H2,1H3,(H,16,19). The number of aromatic nitrogens is 2. The van der Waals surface area contributed by atoms with Crippen LogP contribution >= 0.6 is 0 Å². The molecule has 0 aromatic carbocycles. The van der Waals surface area contributed by atoms with Crippen molar-refractivity contribution in [3.8, 4) is 0 Å². The van der Waals surface area contributed by atoms with Crippen molar-refractivity contribution in [2.75, 3.05) is 6.61 Å². The van der Waals surface area contributed by atoms with Crippen LogP contribution in [0.15, 0.2) is 0 Å². The molecule has 0 bridgehead atoms. The summed E-state index contributed by atoms with van der Waals surface area (Å²) in [7, 11) is 1.91. The molecule has 20 heavy (non-hydrogen) atoms. The van der Waals surface area contributed by atoms with E-state index in [0.717, 1.165) is 37.1 Å². The summed E-state index contributed by atoms with van der Waals surface area (Å²) in [6, 6.07) is 0.312. The average molecular weight is 277 g/mol. The summed E-state index contributed by atoms with van der Waals surface area (Å²) in [5, 5.41) is 7.57. The molecule has 110 valence electrons. The quantitative estimate of drug-likeness (QED) is 0.841. The molecule has 5 heteroatoms. The van der Waals surface area contributed by atoms with Crippen molar-refractivity contribution in [2.24, 2.45) is 7.05 Å². The molecule has 1 saturated carbocycles. The summed E-state index contributed by atoms with van der Waals surface area (Å²) in [5.41, 5.74) is 2.68. The molecule has 1 N–H and O–H groups in total. The summed E-state index contributed by atoms with van der Waals surface area (Å²) in [5.74, 6) is -0.0285. The van der Waals surface area contributed by atoms with Crippen LogP contribution in [0.5, 0.6) is 0 Å². The Morgan fingerprint density at radius 2 is 2.05 bits per heavy atom. The second-order valence-electron chi connectivity index (χ2n) is 5.86. The Labute approximate surface area is 119 Å². The van der Waals surface area contributed by atoms with Crippen LogP contribution in [0.3, 0.4) is 0 Å². The van der Waals surface area contributed by atoms with E-state index in [9.17, 15) is 4.79 Å². The summed E-state index contributed by atoms with van der Waals surface area (Å²) < 4.78 is 7.31. The maximum Gasteiger partial charge on any atom is 0.272 e. The predicted octanol–water partition coefficient (Wildman–Crippen LogP) is 1.95. The lowest BCUT2D eigenvalue weighted by Gasteiger charge is -2.17. The van der Waals surface area contributed by atoms with Gasteiger partial charge >= 0.3 is 0 Å². The highest BCUT2D eigenvalue weighted by atomic mass is 16.5. The summed E-state index contributed by atoms with van der Waals surface area (Å²) >= 11 is 0. The number of hydrogen-bond acceptors (Lipinski definition) is 3. The lowest BCUT2D eigenvalue weighted by atomic mass is 10.1. The highest BCUT2D eigenvalue weighted by Gasteiger charge is 2.25. The molecule has 1 aliphatic carbocycles. The van der Waals surface area contributed by atoms with Gasteiger partial charge in [-0.15, -0.1) is 0 Å². The van der Waals surface area contributed by atoms with Gasteiger partial charge in [0.05, 0.1) is 13.2 Å². The first-order chi connectivity index (χ1) is 9.75. The van der Waals surface area contributed by atoms with Gasteiger partial charge in [-0.3, -0.25) is 9.48 Å². The number of amides is 1. The molecule has 0 saturated heterocycles. The Hall–Kier alpha value is -1.36. The van der Waals surface area contributed by atoms with Gasteiger partial charge in [0.2, 0.25) is 0 Å². The number of nitrogens with one attached hydrogen (secondary N) is 1. The number of carbonyl (C=O) groups is 1. The number of rotatable bonds is 2. The van der Waals surface area contributed by atoms with Crippen molar-refractivity contribution >= 4 is 5.91 Å². The zero-order valence-corrected chi connectivity index (χ0v) is 12.2. The number of nitrogens with zero attached hydrogens (tertiary/aromatic N) is 2. The molecule has 0 spiro atoms. The predicted molar refractivity (Wildman–Crippen MR) is 75.5 cm³/mol. The number of fused-ring (bicyclic) bond motifs is 1. The molecule has 1 aromatic heterocycles. The Morgan fingerprint density at radius 3 is 2.80 bits per heavy atom. The van der Waals surface area contributed by atoms with Gasteiger partial charge < -0.3 is 10.1 Å². The van der Waals surface area contributed by atoms with Gasteiger partial charge in [-0.2, -0.15) is 5.10 Å². The van der Waals surface area contributed by atoms with Crippen LogP contribution < -0.4 is 5.32 Å². The molecule has 1 fully saturated rings. The molecule has 1 amide bonds. The van der Waals surface area contributed by atoms with E-state index in [4.69, 9.17) is 4.74 Å². The average Bonchev–Trinajstić information content (AvgIpc) is 2.64. The van der Waals surface area contributed by atoms with Crippen LogP contribution in [-0.2, 0) is 24.8 Å². The van der Waals surface area contributed by atoms with Crippen LogP contribution in [0.1, 0.15) is 60.3 Å². The van der Waals surface area contributed by atoms with Gasteiger partial charge in [0.1, 0.15) is 0 Å². The number of aryl methyl sites for hydroxylation is 1. The van der Waals surface area contributed by atoms with Crippen LogP contribution in [0.2, 0.25) is 0 Å². The maximum atomic E-state index is 12.5. The SMILES string of the molecule is Cn1nc(C(=O)NC2CCCCCC2)c2c1CCOC2. The smallest absolute Gasteiger partial charge is 0.272 e. The van der Waals surface area contributed by atoms with Crippen LogP contribution in [0.25, 0.3) is 0 Å². The molecule has 0 atom stereocenters. The van der Waals surface area contributed by atoms with Crippen LogP contribution in [0.4, 0.5) is 0 Å². The van der Waals surface area contributed by atoms with E-state index in [0.29, 0.717) is 18.3 Å². The zero-order valence-electron chi connectivity index (χ0n) is 12.2. The van der Waals surface area contributed by atoms with Gasteiger partial charge in [0, 0.05) is 30.8 Å². The van der Waals surface area contributed by atoms with Gasteiger partial charge in [0.15, 0.2) is 5.69 Å². The number of ether oxygens (including phenoxy) is 1. The number of carbonyl (C=O) groups excluding carboxylic acids is 1. The van der Waals surface area contributed by atoms with E-state index in [1.54, 1.807) is 0 Å². The third-order valence-electron chi connectivity index (χ3n) is 4.41. The van der Waals surface area contributed by atoms with Gasteiger partial charge in [-0.1, -0.05) is 25.7 Å². The monoisotopic (exact) mass is 277 g/mol. The Morgan fingerprint density at radius 1 is 1.30 bits per heavy atom. The normalized spacial score (nSPS) is 20.2. The fraction of sp³-hybridized carbons (Fsp3) is 0.733. The molecule has 0 radical (unpaired) electrons. The van der Waals surface area contributed by atoms with Crippen molar-refractivity contribution in [3.05, 3.63) is 17.0 Å². The third-order valence-corrected chi connectivity index (χ3v) is 4.41. The Kier molecular flexibility index (Phi) is 4.05. The molecule has 3 rings (SSSR count). The van der Waals surface area contributed by atoms with Crippen LogP contribution in [0, 0.1) is 0 Å². The minimum Gasteiger partial charge on any atom is -0.376 e. The molecule has 2 aliphatic rings. The van der Waals surface area contributed by atoms with Gasteiger partial charge in [-0.25, -0.2) is 0 Å². The first kappa shape index (κ1) is 13.6. The number of hydrogen-bond donors (Lipinski definition) is 1. The first-order valence-corrected chi connectivity index (χ1v) is 7.69. The first-order valence-electron chi connectivity index (χ1n) is 7.69. The summed E-state index contributed by atoms with van der Waals surface area (Å²) in [6.07, 6.45) is 8.05. The van der Waals surface area contributed by atoms with Gasteiger partial charge in [-0.05, 0) is 12.8 Å². The molecule has 1 aliphatic heterocycles. The molecule has 0 unspecified atom stereocenters. The van der Waals surface area contributed by atoms with E-state index in [-0.39, 0.29) is 5.91 Å². The minimum absolute atomic E-state index is 0.0285. The molecule has 5 nitrogen and oxygen atoms in total. The van der Waals surface area contributed by atoms with Crippen molar-refractivity contribution in [2.45, 2.75) is 57.6 Å². The topological polar surface area (TPSA) is 56.2 Å². The largest absolute Gasteiger partial charge is 0.376 e. The van der Waals surface area contributed by atoms with E-state index >= 15 is 0 Å². The fourth-order valence-corrected chi connectivity index (χ4v) is 3.27. The minimum atomic E-state index is -0.0285. The van der Waals surface area contributed by atoms with Crippen molar-refractivity contribution < 1.29 is 9.53 Å². The highest BCUT2D eigenvalue weighted by Crippen LogP contribution is 2.21. The molecular formula is C15H23N3O2. The maximum absolute atomic E-state index is 12.5. The lowest BCUT2D eigenvalue weighted by Crippen LogP contribution is -2.35. The van der Waals surface area contributed by atoms with E-state index in [1.807, 2.05) is 11.7 Å². The lowest BCUT2D eigenvalue weighted by molar-refractivity contribution is 0.0906. The van der Waals surface area contributed by atoms with Gasteiger partial charge in [0.25, 0.3) is 5.91 Å². The Bertz CT molecular complexity index is 488. The molecular weight excluding hydrogens is 254 g/mol. The van der Waals surface area contributed by atoms with Crippen molar-refractivity contribution in [1.29, 1.82) is 0 Å².